The van der Waals surface area contributed by atoms with E-state index < -0.39 is 0 Å². The minimum atomic E-state index is 0.205. The van der Waals surface area contributed by atoms with Gasteiger partial charge in [0.2, 0.25) is 0 Å². The number of hydrogen-bond donors (Lipinski definition) is 1. The number of aryl methyl sites for hydroxylation is 2. The summed E-state index contributed by atoms with van der Waals surface area (Å²) in [5.41, 5.74) is 2.99. The second-order valence-corrected chi connectivity index (χ2v) is 5.35. The first-order valence-electron chi connectivity index (χ1n) is 7.22. The summed E-state index contributed by atoms with van der Waals surface area (Å²) < 4.78 is 6.04. The standard InChI is InChI=1S/C16H25NO/c1-4-10-17-12(2)13(3)18-16-9-8-14-6-5-7-15(14)11-16/h8-9,11-13,17H,4-7,10H2,1-3H3. The predicted molar refractivity (Wildman–Crippen MR) is 76.3 cm³/mol. The molecule has 18 heavy (non-hydrogen) atoms. The van der Waals surface area contributed by atoms with E-state index in [0.29, 0.717) is 6.04 Å². The lowest BCUT2D eigenvalue weighted by Crippen LogP contribution is -2.39. The lowest BCUT2D eigenvalue weighted by molar-refractivity contribution is 0.178. The van der Waals surface area contributed by atoms with Gasteiger partial charge in [0.15, 0.2) is 0 Å². The van der Waals surface area contributed by atoms with Gasteiger partial charge in [0.25, 0.3) is 0 Å². The van der Waals surface area contributed by atoms with Gasteiger partial charge in [-0.15, -0.1) is 0 Å². The molecule has 1 N–H and O–H groups in total. The first kappa shape index (κ1) is 13.4. The topological polar surface area (TPSA) is 21.3 Å². The maximum atomic E-state index is 6.04. The van der Waals surface area contributed by atoms with Gasteiger partial charge in [-0.1, -0.05) is 13.0 Å². The van der Waals surface area contributed by atoms with Crippen molar-refractivity contribution < 1.29 is 4.74 Å². The van der Waals surface area contributed by atoms with Crippen molar-refractivity contribution in [3.63, 3.8) is 0 Å². The average Bonchev–Trinajstić information content (AvgIpc) is 2.83. The molecule has 0 heterocycles. The van der Waals surface area contributed by atoms with E-state index in [2.05, 4.69) is 44.3 Å². The first-order valence-corrected chi connectivity index (χ1v) is 7.22. The van der Waals surface area contributed by atoms with Crippen molar-refractivity contribution >= 4 is 0 Å². The fraction of sp³-hybridized carbons (Fsp3) is 0.625. The van der Waals surface area contributed by atoms with Gasteiger partial charge in [-0.3, -0.25) is 0 Å². The second-order valence-electron chi connectivity index (χ2n) is 5.35. The SMILES string of the molecule is CCCNC(C)C(C)Oc1ccc2c(c1)CCC2. The molecule has 100 valence electrons. The van der Waals surface area contributed by atoms with Gasteiger partial charge in [-0.2, -0.15) is 0 Å². The van der Waals surface area contributed by atoms with Crippen molar-refractivity contribution in [2.45, 2.75) is 58.6 Å². The number of benzene rings is 1. The molecule has 0 aliphatic heterocycles. The predicted octanol–water partition coefficient (Wildman–Crippen LogP) is 3.33. The summed E-state index contributed by atoms with van der Waals surface area (Å²) in [5.74, 6) is 1.02. The van der Waals surface area contributed by atoms with Gasteiger partial charge in [-0.25, -0.2) is 0 Å². The smallest absolute Gasteiger partial charge is 0.120 e. The van der Waals surface area contributed by atoms with Crippen LogP contribution in [-0.2, 0) is 12.8 Å². The Morgan fingerprint density at radius 3 is 2.78 bits per heavy atom. The van der Waals surface area contributed by atoms with Gasteiger partial charge < -0.3 is 10.1 Å². The molecule has 0 saturated carbocycles. The lowest BCUT2D eigenvalue weighted by atomic mass is 10.1. The van der Waals surface area contributed by atoms with Gasteiger partial charge in [0.05, 0.1) is 0 Å². The first-order chi connectivity index (χ1) is 8.70. The van der Waals surface area contributed by atoms with E-state index in [-0.39, 0.29) is 6.10 Å². The number of rotatable bonds is 6. The molecule has 0 spiro atoms. The number of hydrogen-bond acceptors (Lipinski definition) is 2. The molecule has 1 aliphatic rings. The van der Waals surface area contributed by atoms with Crippen LogP contribution in [0, 0.1) is 0 Å². The fourth-order valence-corrected chi connectivity index (χ4v) is 2.48. The molecule has 2 rings (SSSR count). The molecular weight excluding hydrogens is 222 g/mol. The van der Waals surface area contributed by atoms with E-state index in [4.69, 9.17) is 4.74 Å². The Balaban J connectivity index is 1.92. The van der Waals surface area contributed by atoms with E-state index in [1.807, 2.05) is 0 Å². The molecule has 1 aliphatic carbocycles. The van der Waals surface area contributed by atoms with Crippen molar-refractivity contribution in [2.75, 3.05) is 6.54 Å². The van der Waals surface area contributed by atoms with Gasteiger partial charge in [0, 0.05) is 6.04 Å². The maximum absolute atomic E-state index is 6.04. The average molecular weight is 247 g/mol. The zero-order valence-electron chi connectivity index (χ0n) is 11.8. The molecule has 0 bridgehead atoms. The van der Waals surface area contributed by atoms with Crippen LogP contribution in [0.1, 0.15) is 44.7 Å². The summed E-state index contributed by atoms with van der Waals surface area (Å²) in [7, 11) is 0. The van der Waals surface area contributed by atoms with Gasteiger partial charge in [-0.05, 0) is 69.3 Å². The van der Waals surface area contributed by atoms with E-state index in [1.165, 1.54) is 30.4 Å². The van der Waals surface area contributed by atoms with Gasteiger partial charge >= 0.3 is 0 Å². The monoisotopic (exact) mass is 247 g/mol. The quantitative estimate of drug-likeness (QED) is 0.832. The highest BCUT2D eigenvalue weighted by Gasteiger charge is 2.15. The third-order valence-corrected chi connectivity index (χ3v) is 3.81. The molecule has 1 aromatic carbocycles. The minimum absolute atomic E-state index is 0.205. The molecule has 2 nitrogen and oxygen atoms in total. The van der Waals surface area contributed by atoms with Crippen LogP contribution in [0.15, 0.2) is 18.2 Å². The Kier molecular flexibility index (Phi) is 4.65. The summed E-state index contributed by atoms with van der Waals surface area (Å²) >= 11 is 0. The fourth-order valence-electron chi connectivity index (χ4n) is 2.48. The van der Waals surface area contributed by atoms with Crippen LogP contribution < -0.4 is 10.1 Å². The highest BCUT2D eigenvalue weighted by Crippen LogP contribution is 2.26. The molecule has 1 aromatic rings. The largest absolute Gasteiger partial charge is 0.489 e. The van der Waals surface area contributed by atoms with Crippen LogP contribution in [0.3, 0.4) is 0 Å². The Morgan fingerprint density at radius 2 is 2.00 bits per heavy atom. The summed E-state index contributed by atoms with van der Waals surface area (Å²) in [6.07, 6.45) is 5.11. The van der Waals surface area contributed by atoms with Crippen molar-refractivity contribution in [3.8, 4) is 5.75 Å². The Morgan fingerprint density at radius 1 is 1.22 bits per heavy atom. The highest BCUT2D eigenvalue weighted by atomic mass is 16.5. The van der Waals surface area contributed by atoms with E-state index in [9.17, 15) is 0 Å². The number of ether oxygens (including phenoxy) is 1. The second kappa shape index (κ2) is 6.24. The third-order valence-electron chi connectivity index (χ3n) is 3.81. The number of fused-ring (bicyclic) bond motifs is 1. The Hall–Kier alpha value is -1.02. The van der Waals surface area contributed by atoms with E-state index in [0.717, 1.165) is 18.7 Å². The minimum Gasteiger partial charge on any atom is -0.489 e. The molecule has 0 saturated heterocycles. The van der Waals surface area contributed by atoms with E-state index >= 15 is 0 Å². The molecule has 0 fully saturated rings. The Labute approximate surface area is 111 Å². The maximum Gasteiger partial charge on any atom is 0.120 e. The van der Waals surface area contributed by atoms with Crippen molar-refractivity contribution in [1.29, 1.82) is 0 Å². The van der Waals surface area contributed by atoms with Crippen LogP contribution in [0.2, 0.25) is 0 Å². The molecule has 0 radical (unpaired) electrons. The van der Waals surface area contributed by atoms with Crippen LogP contribution in [0.5, 0.6) is 5.75 Å². The molecule has 0 aromatic heterocycles. The summed E-state index contributed by atoms with van der Waals surface area (Å²) in [5, 5.41) is 3.48. The summed E-state index contributed by atoms with van der Waals surface area (Å²) in [6, 6.07) is 6.96. The molecule has 2 unspecified atom stereocenters. The van der Waals surface area contributed by atoms with Gasteiger partial charge in [0.1, 0.15) is 11.9 Å². The zero-order valence-corrected chi connectivity index (χ0v) is 11.8. The summed E-state index contributed by atoms with van der Waals surface area (Å²) in [6.45, 7) is 7.57. The highest BCUT2D eigenvalue weighted by molar-refractivity contribution is 5.38. The van der Waals surface area contributed by atoms with Crippen molar-refractivity contribution in [3.05, 3.63) is 29.3 Å². The normalized spacial score (nSPS) is 17.3. The van der Waals surface area contributed by atoms with Crippen LogP contribution in [0.25, 0.3) is 0 Å². The van der Waals surface area contributed by atoms with Crippen molar-refractivity contribution in [2.24, 2.45) is 0 Å². The lowest BCUT2D eigenvalue weighted by Gasteiger charge is -2.23. The zero-order chi connectivity index (χ0) is 13.0. The van der Waals surface area contributed by atoms with E-state index in [1.54, 1.807) is 0 Å². The summed E-state index contributed by atoms with van der Waals surface area (Å²) in [4.78, 5) is 0. The Bertz CT molecular complexity index is 389. The molecular formula is C16H25NO. The third kappa shape index (κ3) is 3.26. The van der Waals surface area contributed by atoms with Crippen LogP contribution >= 0.6 is 0 Å². The molecule has 2 heteroatoms. The molecule has 2 atom stereocenters. The molecule has 0 amide bonds. The van der Waals surface area contributed by atoms with Crippen LogP contribution in [0.4, 0.5) is 0 Å². The van der Waals surface area contributed by atoms with Crippen molar-refractivity contribution in [1.82, 2.24) is 5.32 Å². The number of nitrogens with one attached hydrogen (secondary N) is 1. The van der Waals surface area contributed by atoms with Crippen LogP contribution in [-0.4, -0.2) is 18.7 Å².